The van der Waals surface area contributed by atoms with Crippen LogP contribution in [0.3, 0.4) is 0 Å². The second-order valence-corrected chi connectivity index (χ2v) is 5.04. The van der Waals surface area contributed by atoms with Gasteiger partial charge in [0.05, 0.1) is 11.8 Å². The van der Waals surface area contributed by atoms with Gasteiger partial charge in [0, 0.05) is 23.3 Å². The highest BCUT2D eigenvalue weighted by Crippen LogP contribution is 2.44. The molecule has 0 bridgehead atoms. The highest BCUT2D eigenvalue weighted by molar-refractivity contribution is 7.10. The first-order valence-corrected chi connectivity index (χ1v) is 6.22. The van der Waals surface area contributed by atoms with Crippen molar-refractivity contribution in [3.8, 4) is 17.3 Å². The number of nitrogens with one attached hydrogen (secondary N) is 1. The summed E-state index contributed by atoms with van der Waals surface area (Å²) in [7, 11) is 0. The zero-order valence-corrected chi connectivity index (χ0v) is 9.55. The van der Waals surface area contributed by atoms with E-state index in [1.165, 1.54) is 0 Å². The Morgan fingerprint density at radius 1 is 1.50 bits per heavy atom. The molecule has 1 saturated carbocycles. The Bertz CT molecular complexity index is 529. The SMILES string of the molecule is N#CC1(c2nc(-c3cc[nH]c3)cs2)CCC1. The van der Waals surface area contributed by atoms with E-state index in [-0.39, 0.29) is 5.41 Å². The summed E-state index contributed by atoms with van der Waals surface area (Å²) in [5, 5.41) is 12.3. The summed E-state index contributed by atoms with van der Waals surface area (Å²) in [5.41, 5.74) is 1.79. The van der Waals surface area contributed by atoms with E-state index in [9.17, 15) is 5.26 Å². The quantitative estimate of drug-likeness (QED) is 0.860. The van der Waals surface area contributed by atoms with Gasteiger partial charge in [-0.2, -0.15) is 5.26 Å². The third-order valence-electron chi connectivity index (χ3n) is 3.23. The zero-order valence-electron chi connectivity index (χ0n) is 8.73. The molecule has 1 N–H and O–H groups in total. The third kappa shape index (κ3) is 1.29. The van der Waals surface area contributed by atoms with Gasteiger partial charge in [-0.05, 0) is 25.3 Å². The highest BCUT2D eigenvalue weighted by Gasteiger charge is 2.41. The van der Waals surface area contributed by atoms with E-state index in [2.05, 4.69) is 16.0 Å². The van der Waals surface area contributed by atoms with Crippen molar-refractivity contribution in [1.82, 2.24) is 9.97 Å². The molecule has 3 rings (SSSR count). The number of thiazole rings is 1. The summed E-state index contributed by atoms with van der Waals surface area (Å²) >= 11 is 1.61. The van der Waals surface area contributed by atoms with Crippen molar-refractivity contribution in [3.05, 3.63) is 28.8 Å². The molecule has 2 aromatic rings. The average Bonchev–Trinajstić information content (AvgIpc) is 2.86. The Morgan fingerprint density at radius 3 is 2.94 bits per heavy atom. The van der Waals surface area contributed by atoms with Gasteiger partial charge in [-0.25, -0.2) is 4.98 Å². The molecule has 1 aliphatic rings. The summed E-state index contributed by atoms with van der Waals surface area (Å²) < 4.78 is 0. The molecule has 3 nitrogen and oxygen atoms in total. The number of nitrogens with zero attached hydrogens (tertiary/aromatic N) is 2. The number of nitriles is 1. The van der Waals surface area contributed by atoms with E-state index < -0.39 is 0 Å². The van der Waals surface area contributed by atoms with E-state index in [4.69, 9.17) is 0 Å². The van der Waals surface area contributed by atoms with Crippen molar-refractivity contribution >= 4 is 11.3 Å². The molecule has 0 amide bonds. The van der Waals surface area contributed by atoms with Crippen LogP contribution in [0.5, 0.6) is 0 Å². The fourth-order valence-electron chi connectivity index (χ4n) is 2.01. The van der Waals surface area contributed by atoms with Crippen LogP contribution < -0.4 is 0 Å². The van der Waals surface area contributed by atoms with Gasteiger partial charge in [0.1, 0.15) is 10.4 Å². The molecule has 0 spiro atoms. The van der Waals surface area contributed by atoms with Crippen molar-refractivity contribution in [1.29, 1.82) is 5.26 Å². The molecule has 0 atom stereocenters. The normalized spacial score (nSPS) is 17.7. The monoisotopic (exact) mass is 229 g/mol. The molecule has 1 fully saturated rings. The molecule has 0 radical (unpaired) electrons. The standard InChI is InChI=1S/C12H11N3S/c13-8-12(3-1-4-12)11-15-10(7-16-11)9-2-5-14-6-9/h2,5-7,14H,1,3-4H2. The molecule has 0 saturated heterocycles. The minimum Gasteiger partial charge on any atom is -0.367 e. The lowest BCUT2D eigenvalue weighted by Gasteiger charge is -2.32. The molecule has 80 valence electrons. The maximum atomic E-state index is 9.24. The van der Waals surface area contributed by atoms with Gasteiger partial charge < -0.3 is 4.98 Å². The minimum absolute atomic E-state index is 0.279. The molecule has 4 heteroatoms. The van der Waals surface area contributed by atoms with Crippen LogP contribution >= 0.6 is 11.3 Å². The van der Waals surface area contributed by atoms with Crippen molar-refractivity contribution in [2.24, 2.45) is 0 Å². The van der Waals surface area contributed by atoms with Crippen molar-refractivity contribution in [2.45, 2.75) is 24.7 Å². The Hall–Kier alpha value is -1.60. The number of H-pyrrole nitrogens is 1. The first kappa shape index (κ1) is 9.61. The zero-order chi connectivity index (χ0) is 11.0. The average molecular weight is 229 g/mol. The van der Waals surface area contributed by atoms with Crippen LogP contribution in [0.25, 0.3) is 11.3 Å². The topological polar surface area (TPSA) is 52.5 Å². The maximum absolute atomic E-state index is 9.24. The number of aromatic amines is 1. The lowest BCUT2D eigenvalue weighted by molar-refractivity contribution is 0.323. The van der Waals surface area contributed by atoms with Gasteiger partial charge in [-0.3, -0.25) is 0 Å². The van der Waals surface area contributed by atoms with Crippen LogP contribution in [-0.4, -0.2) is 9.97 Å². The van der Waals surface area contributed by atoms with Gasteiger partial charge in [0.15, 0.2) is 0 Å². The van der Waals surface area contributed by atoms with Crippen molar-refractivity contribution < 1.29 is 0 Å². The molecule has 0 unspecified atom stereocenters. The Kier molecular flexibility index (Phi) is 2.08. The predicted octanol–water partition coefficient (Wildman–Crippen LogP) is 3.08. The molecular weight excluding hydrogens is 218 g/mol. The number of hydrogen-bond donors (Lipinski definition) is 1. The van der Waals surface area contributed by atoms with E-state index in [1.54, 1.807) is 11.3 Å². The highest BCUT2D eigenvalue weighted by atomic mass is 32.1. The van der Waals surface area contributed by atoms with Crippen LogP contribution in [0.4, 0.5) is 0 Å². The summed E-state index contributed by atoms with van der Waals surface area (Å²) in [6.07, 6.45) is 6.89. The molecule has 0 aromatic carbocycles. The van der Waals surface area contributed by atoms with Crippen LogP contribution in [-0.2, 0) is 5.41 Å². The Labute approximate surface area is 97.8 Å². The summed E-state index contributed by atoms with van der Waals surface area (Å²) in [6.45, 7) is 0. The van der Waals surface area contributed by atoms with Gasteiger partial charge >= 0.3 is 0 Å². The van der Waals surface area contributed by atoms with Gasteiger partial charge in [-0.1, -0.05) is 0 Å². The van der Waals surface area contributed by atoms with E-state index in [0.717, 1.165) is 35.5 Å². The fraction of sp³-hybridized carbons (Fsp3) is 0.333. The number of rotatable bonds is 2. The number of aromatic nitrogens is 2. The molecular formula is C12H11N3S. The first-order valence-electron chi connectivity index (χ1n) is 5.34. The van der Waals surface area contributed by atoms with Gasteiger partial charge in [0.2, 0.25) is 0 Å². The lowest BCUT2D eigenvalue weighted by Crippen LogP contribution is -2.32. The number of hydrogen-bond acceptors (Lipinski definition) is 3. The first-order chi connectivity index (χ1) is 7.84. The summed E-state index contributed by atoms with van der Waals surface area (Å²) in [5.74, 6) is 0. The molecule has 0 aliphatic heterocycles. The molecule has 2 aromatic heterocycles. The van der Waals surface area contributed by atoms with Crippen LogP contribution in [0, 0.1) is 11.3 Å². The third-order valence-corrected chi connectivity index (χ3v) is 4.27. The fourth-order valence-corrected chi connectivity index (χ4v) is 3.05. The smallest absolute Gasteiger partial charge is 0.114 e. The second-order valence-electron chi connectivity index (χ2n) is 4.19. The van der Waals surface area contributed by atoms with Gasteiger partial charge in [0.25, 0.3) is 0 Å². The molecule has 1 aliphatic carbocycles. The summed E-state index contributed by atoms with van der Waals surface area (Å²) in [6, 6.07) is 4.43. The van der Waals surface area contributed by atoms with E-state index >= 15 is 0 Å². The lowest BCUT2D eigenvalue weighted by atomic mass is 9.70. The Morgan fingerprint density at radius 2 is 2.38 bits per heavy atom. The van der Waals surface area contributed by atoms with E-state index in [0.29, 0.717) is 0 Å². The molecule has 2 heterocycles. The van der Waals surface area contributed by atoms with Crippen LogP contribution in [0.1, 0.15) is 24.3 Å². The predicted molar refractivity (Wildman–Crippen MR) is 63.0 cm³/mol. The van der Waals surface area contributed by atoms with Crippen LogP contribution in [0.15, 0.2) is 23.8 Å². The second kappa shape index (κ2) is 3.46. The molecule has 16 heavy (non-hydrogen) atoms. The maximum Gasteiger partial charge on any atom is 0.114 e. The summed E-state index contributed by atoms with van der Waals surface area (Å²) in [4.78, 5) is 7.61. The van der Waals surface area contributed by atoms with Crippen molar-refractivity contribution in [2.75, 3.05) is 0 Å². The van der Waals surface area contributed by atoms with Crippen molar-refractivity contribution in [3.63, 3.8) is 0 Å². The van der Waals surface area contributed by atoms with Crippen LogP contribution in [0.2, 0.25) is 0 Å². The Balaban J connectivity index is 1.97. The minimum atomic E-state index is -0.279. The van der Waals surface area contributed by atoms with Gasteiger partial charge in [-0.15, -0.1) is 11.3 Å². The largest absolute Gasteiger partial charge is 0.367 e. The van der Waals surface area contributed by atoms with E-state index in [1.807, 2.05) is 23.8 Å².